The van der Waals surface area contributed by atoms with Gasteiger partial charge < -0.3 is 13.9 Å². The van der Waals surface area contributed by atoms with E-state index in [-0.39, 0.29) is 0 Å². The molecule has 0 radical (unpaired) electrons. The van der Waals surface area contributed by atoms with Gasteiger partial charge in [-0.2, -0.15) is 0 Å². The van der Waals surface area contributed by atoms with Gasteiger partial charge >= 0.3 is 0 Å². The largest absolute Gasteiger partial charge is 0.379 e. The molecule has 132 valence electrons. The molecule has 0 aromatic heterocycles. The van der Waals surface area contributed by atoms with E-state index in [1.54, 1.807) is 6.07 Å². The number of unbranched alkanes of at least 4 members (excludes halogenated alkanes) is 3. The third-order valence-electron chi connectivity index (χ3n) is 3.45. The monoisotopic (exact) mass is 346 g/mol. The maximum Gasteiger partial charge on any atom is 0.261 e. The van der Waals surface area contributed by atoms with Crippen LogP contribution in [0.3, 0.4) is 0 Å². The van der Waals surface area contributed by atoms with Crippen molar-refractivity contribution in [1.29, 1.82) is 0 Å². The van der Waals surface area contributed by atoms with E-state index in [0.29, 0.717) is 13.2 Å². The van der Waals surface area contributed by atoms with E-state index in [1.165, 1.54) is 12.1 Å². The molecule has 3 nitrogen and oxygen atoms in total. The second kappa shape index (κ2) is 12.6. The van der Waals surface area contributed by atoms with Crippen LogP contribution in [-0.2, 0) is 20.3 Å². The van der Waals surface area contributed by atoms with Crippen molar-refractivity contribution in [2.75, 3.05) is 13.2 Å². The van der Waals surface area contributed by atoms with Crippen molar-refractivity contribution in [2.45, 2.75) is 58.5 Å². The molecule has 23 heavy (non-hydrogen) atoms. The molecule has 6 heteroatoms. The maximum absolute atomic E-state index is 13.1. The van der Waals surface area contributed by atoms with Gasteiger partial charge in [0.05, 0.1) is 0 Å². The maximum atomic E-state index is 13.1. The first-order valence-electron chi connectivity index (χ1n) is 8.46. The molecule has 1 aromatic rings. The molecule has 1 aromatic carbocycles. The van der Waals surface area contributed by atoms with E-state index in [0.717, 1.165) is 43.7 Å². The Morgan fingerprint density at radius 2 is 1.65 bits per heavy atom. The minimum absolute atomic E-state index is 0.495. The number of hydrogen-bond acceptors (Lipinski definition) is 3. The number of rotatable bonds is 13. The van der Waals surface area contributed by atoms with Crippen LogP contribution in [0, 0.1) is 11.6 Å². The Morgan fingerprint density at radius 3 is 2.30 bits per heavy atom. The average molecular weight is 346 g/mol. The Hall–Kier alpha value is -0.823. The first kappa shape index (κ1) is 20.2. The summed E-state index contributed by atoms with van der Waals surface area (Å²) in [6, 6.07) is 5.24. The predicted molar refractivity (Wildman–Crippen MR) is 90.0 cm³/mol. The first-order valence-corrected chi connectivity index (χ1v) is 10.0. The highest BCUT2D eigenvalue weighted by atomic mass is 28.2. The third-order valence-corrected chi connectivity index (χ3v) is 4.75. The fraction of sp³-hybridized carbons (Fsp3) is 0.647. The van der Waals surface area contributed by atoms with Gasteiger partial charge in [-0.25, -0.2) is 8.78 Å². The van der Waals surface area contributed by atoms with E-state index in [2.05, 4.69) is 0 Å². The molecule has 0 aliphatic heterocycles. The summed E-state index contributed by atoms with van der Waals surface area (Å²) < 4.78 is 42.2. The van der Waals surface area contributed by atoms with Gasteiger partial charge in [-0.05, 0) is 50.4 Å². The highest BCUT2D eigenvalue weighted by Crippen LogP contribution is 2.13. The molecule has 0 N–H and O–H groups in total. The Morgan fingerprint density at radius 1 is 0.957 bits per heavy atom. The van der Waals surface area contributed by atoms with E-state index in [9.17, 15) is 8.78 Å². The van der Waals surface area contributed by atoms with Gasteiger partial charge in [0.25, 0.3) is 6.48 Å². The lowest BCUT2D eigenvalue weighted by Crippen LogP contribution is -2.22. The van der Waals surface area contributed by atoms with Crippen LogP contribution in [0.2, 0.25) is 6.04 Å². The van der Waals surface area contributed by atoms with Gasteiger partial charge in [-0.3, -0.25) is 0 Å². The molecular formula is C17H28F2O3Si. The molecule has 0 atom stereocenters. The summed E-state index contributed by atoms with van der Waals surface area (Å²) in [4.78, 5) is 0. The lowest BCUT2D eigenvalue weighted by Gasteiger charge is -2.17. The summed E-state index contributed by atoms with van der Waals surface area (Å²) in [5.41, 5.74) is 0.859. The predicted octanol–water partition coefficient (Wildman–Crippen LogP) is 3.94. The smallest absolute Gasteiger partial charge is 0.261 e. The molecule has 0 unspecified atom stereocenters. The van der Waals surface area contributed by atoms with Crippen molar-refractivity contribution < 1.29 is 22.7 Å². The van der Waals surface area contributed by atoms with Crippen molar-refractivity contribution in [2.24, 2.45) is 0 Å². The molecule has 0 spiro atoms. The summed E-state index contributed by atoms with van der Waals surface area (Å²) in [6.45, 7) is 4.52. The van der Waals surface area contributed by atoms with Crippen molar-refractivity contribution in [3.05, 3.63) is 35.4 Å². The van der Waals surface area contributed by atoms with Crippen molar-refractivity contribution >= 4 is 9.76 Å². The standard InChI is InChI=1S/C17H28F2O3Si/c1-3-20-17(21-4-2)22-23-12-8-6-5-7-9-14-10-11-15(18)16(19)13-14/h10-11,13,17H,3-9,12,23H2,1-2H3. The number of halogens is 2. The van der Waals surface area contributed by atoms with Gasteiger partial charge in [-0.1, -0.05) is 25.3 Å². The molecule has 0 saturated heterocycles. The van der Waals surface area contributed by atoms with Crippen LogP contribution in [0.15, 0.2) is 18.2 Å². The zero-order valence-corrected chi connectivity index (χ0v) is 15.6. The summed E-state index contributed by atoms with van der Waals surface area (Å²) in [7, 11) is -0.613. The Kier molecular flexibility index (Phi) is 11.1. The highest BCUT2D eigenvalue weighted by molar-refractivity contribution is 6.27. The van der Waals surface area contributed by atoms with Gasteiger partial charge in [-0.15, -0.1) is 0 Å². The summed E-state index contributed by atoms with van der Waals surface area (Å²) >= 11 is 0. The number of benzene rings is 1. The van der Waals surface area contributed by atoms with Crippen LogP contribution in [0.4, 0.5) is 8.78 Å². The molecule has 0 bridgehead atoms. The van der Waals surface area contributed by atoms with E-state index in [1.807, 2.05) is 13.8 Å². The molecule has 0 saturated carbocycles. The molecule has 0 heterocycles. The van der Waals surface area contributed by atoms with Crippen molar-refractivity contribution in [1.82, 2.24) is 0 Å². The molecule has 0 fully saturated rings. The second-order valence-electron chi connectivity index (χ2n) is 5.34. The Labute approximate surface area is 140 Å². The fourth-order valence-electron chi connectivity index (χ4n) is 2.25. The van der Waals surface area contributed by atoms with Gasteiger partial charge in [0.2, 0.25) is 0 Å². The van der Waals surface area contributed by atoms with E-state index >= 15 is 0 Å². The molecule has 1 rings (SSSR count). The number of ether oxygens (including phenoxy) is 2. The van der Waals surface area contributed by atoms with Crippen LogP contribution >= 0.6 is 0 Å². The van der Waals surface area contributed by atoms with Crippen LogP contribution in [0.1, 0.15) is 45.1 Å². The fourth-order valence-corrected chi connectivity index (χ4v) is 3.36. The lowest BCUT2D eigenvalue weighted by molar-refractivity contribution is -0.243. The Bertz CT molecular complexity index is 426. The SMILES string of the molecule is CCOC(OCC)O[SiH2]CCCCCCc1ccc(F)c(F)c1. The molecule has 0 aliphatic carbocycles. The third kappa shape index (κ3) is 9.15. The lowest BCUT2D eigenvalue weighted by atomic mass is 10.1. The Balaban J connectivity index is 2.01. The van der Waals surface area contributed by atoms with Crippen LogP contribution in [0.25, 0.3) is 0 Å². The van der Waals surface area contributed by atoms with Crippen LogP contribution < -0.4 is 0 Å². The molecule has 0 amide bonds. The number of aryl methyl sites for hydroxylation is 1. The number of hydrogen-bond donors (Lipinski definition) is 0. The normalized spacial score (nSPS) is 11.9. The summed E-state index contributed by atoms with van der Waals surface area (Å²) in [5, 5.41) is 0. The second-order valence-corrected chi connectivity index (χ2v) is 6.79. The van der Waals surface area contributed by atoms with Crippen LogP contribution in [-0.4, -0.2) is 29.5 Å². The van der Waals surface area contributed by atoms with Gasteiger partial charge in [0, 0.05) is 13.2 Å². The van der Waals surface area contributed by atoms with Crippen LogP contribution in [0.5, 0.6) is 0 Å². The minimum Gasteiger partial charge on any atom is -0.379 e. The van der Waals surface area contributed by atoms with Crippen molar-refractivity contribution in [3.8, 4) is 0 Å². The van der Waals surface area contributed by atoms with E-state index < -0.39 is 27.9 Å². The summed E-state index contributed by atoms with van der Waals surface area (Å²) in [6.07, 6.45) is 5.15. The van der Waals surface area contributed by atoms with E-state index in [4.69, 9.17) is 13.9 Å². The highest BCUT2D eigenvalue weighted by Gasteiger charge is 2.07. The topological polar surface area (TPSA) is 27.7 Å². The average Bonchev–Trinajstić information content (AvgIpc) is 2.53. The minimum atomic E-state index is -0.781. The van der Waals surface area contributed by atoms with Gasteiger partial charge in [0.1, 0.15) is 0 Å². The summed E-state index contributed by atoms with van der Waals surface area (Å²) in [5.74, 6) is -1.54. The zero-order valence-electron chi connectivity index (χ0n) is 14.2. The molecule has 0 aliphatic rings. The molecular weight excluding hydrogens is 318 g/mol. The zero-order chi connectivity index (χ0) is 16.9. The van der Waals surface area contributed by atoms with Crippen molar-refractivity contribution in [3.63, 3.8) is 0 Å². The quantitative estimate of drug-likeness (QED) is 0.308. The van der Waals surface area contributed by atoms with Gasteiger partial charge in [0.15, 0.2) is 21.4 Å². The first-order chi connectivity index (χ1) is 11.2.